The van der Waals surface area contributed by atoms with E-state index in [1.54, 1.807) is 0 Å². The fourth-order valence-corrected chi connectivity index (χ4v) is 2.25. The molecular formula is C28H60N10O18. The molecule has 0 saturated carbocycles. The Morgan fingerprint density at radius 2 is 1.14 bits per heavy atom. The van der Waals surface area contributed by atoms with E-state index in [2.05, 4.69) is 16.4 Å². The van der Waals surface area contributed by atoms with Crippen LogP contribution < -0.4 is 50.8 Å². The number of nitrogens with one attached hydrogen (secondary N) is 3. The highest BCUT2D eigenvalue weighted by molar-refractivity contribution is 5.76. The molecule has 0 spiro atoms. The zero-order valence-corrected chi connectivity index (χ0v) is 30.9. The Balaban J connectivity index is -0.000000132. The fraction of sp³-hybridized carbons (Fsp3) is 0.679. The summed E-state index contributed by atoms with van der Waals surface area (Å²) in [4.78, 5) is 78.5. The van der Waals surface area contributed by atoms with Crippen LogP contribution >= 0.6 is 0 Å². The smallest absolute Gasteiger partial charge is 0.323 e. The van der Waals surface area contributed by atoms with Gasteiger partial charge in [0.2, 0.25) is 0 Å². The molecule has 1 rings (SSSR count). The Morgan fingerprint density at radius 3 is 1.32 bits per heavy atom. The van der Waals surface area contributed by atoms with Gasteiger partial charge in [0.25, 0.3) is 0 Å². The quantitative estimate of drug-likeness (QED) is 0.0391. The van der Waals surface area contributed by atoms with Gasteiger partial charge < -0.3 is 102 Å². The van der Waals surface area contributed by atoms with Gasteiger partial charge in [0.05, 0.1) is 19.3 Å². The molecule has 28 nitrogen and oxygen atoms in total. The molecule has 0 bridgehead atoms. The van der Waals surface area contributed by atoms with Crippen molar-refractivity contribution in [1.82, 2.24) is 10.6 Å². The zero-order valence-electron chi connectivity index (χ0n) is 30.9. The summed E-state index contributed by atoms with van der Waals surface area (Å²) in [5, 5.41) is 93.1. The van der Waals surface area contributed by atoms with E-state index in [1.165, 1.54) is 13.8 Å². The molecule has 0 aliphatic carbocycles. The van der Waals surface area contributed by atoms with Crippen LogP contribution in [0.25, 0.3) is 0 Å². The Bertz CT molecular complexity index is 1150. The van der Waals surface area contributed by atoms with Crippen LogP contribution in [0.1, 0.15) is 52.4 Å². The van der Waals surface area contributed by atoms with E-state index in [-0.39, 0.29) is 31.4 Å². The second kappa shape index (κ2) is 39.4. The highest BCUT2D eigenvalue weighted by Gasteiger charge is 2.20. The van der Waals surface area contributed by atoms with Crippen LogP contribution in [0.3, 0.4) is 0 Å². The zero-order chi connectivity index (χ0) is 45.7. The first kappa shape index (κ1) is 62.6. The first-order valence-electron chi connectivity index (χ1n) is 15.9. The summed E-state index contributed by atoms with van der Waals surface area (Å²) in [6.07, 6.45) is 1.56. The van der Waals surface area contributed by atoms with Gasteiger partial charge in [0.15, 0.2) is 5.96 Å². The number of aliphatic carboxylic acids is 8. The van der Waals surface area contributed by atoms with Crippen molar-refractivity contribution >= 4 is 53.7 Å². The van der Waals surface area contributed by atoms with E-state index in [0.29, 0.717) is 19.4 Å². The molecule has 7 atom stereocenters. The fourth-order valence-electron chi connectivity index (χ4n) is 2.25. The minimum atomic E-state index is -1.18. The van der Waals surface area contributed by atoms with E-state index >= 15 is 0 Å². The highest BCUT2D eigenvalue weighted by atomic mass is 16.4. The standard InChI is InChI=1S/C6H14N4O2.C5H9NO4.C5H9NO2.C4H9NO3.C3H7NO3.C3H7NO2.C2H5NO2/c7-4(5(11)12)2-1-3-10-6(8)9;6-3(5(9)10)1-2-4(7)8;7-5(8)4-2-1-3-6-4;1-2(6)3(5)4(7)8;4-2(1-5)3(6)7;1-2(4)3(5)6;3-1-2(4)5/h4H,1-3,7H2,(H,11,12)(H4,8,9,10);3H,1-2,6H2,(H,7,8)(H,9,10);4,6H,1-3H2,(H,7,8);2-3,6H,5H2,1H3,(H,7,8);2,5H,1,4H2,(H,6,7);2H,4H2,1H3,(H,5,6);1,3H2,(H,4,5)/t;;4-;;;;/m..0..../s1. The average molecular weight is 825 g/mol. The van der Waals surface area contributed by atoms with Crippen LogP contribution in [-0.2, 0) is 38.4 Å². The van der Waals surface area contributed by atoms with Crippen LogP contribution in [0.15, 0.2) is 0 Å². The number of hydrogen-bond donors (Lipinski definition) is 20. The highest BCUT2D eigenvalue weighted by Crippen LogP contribution is 2.03. The predicted octanol–water partition coefficient (Wildman–Crippen LogP) is -6.63. The summed E-state index contributed by atoms with van der Waals surface area (Å²) < 4.78 is 0. The SMILES string of the molecule is CC(N)C(=O)O.CC(O)C(N)C(=O)O.N=C(N)NCCCC(N)C(=O)O.NC(CCC(=O)O)C(=O)O.NC(CO)C(=O)O.NCC(=O)O.O=C(O)[C@@H]1CCCN1. The lowest BCUT2D eigenvalue weighted by Gasteiger charge is -2.06. The summed E-state index contributed by atoms with van der Waals surface area (Å²) in [6.45, 7) is 3.31. The monoisotopic (exact) mass is 824 g/mol. The third kappa shape index (κ3) is 53.0. The molecule has 0 aromatic rings. The Kier molecular flexibility index (Phi) is 44.0. The summed E-state index contributed by atoms with van der Waals surface area (Å²) in [6, 6.07) is -5.16. The second-order valence-corrected chi connectivity index (χ2v) is 10.7. The van der Waals surface area contributed by atoms with Crippen molar-refractivity contribution in [2.75, 3.05) is 26.2 Å². The molecule has 0 amide bonds. The van der Waals surface area contributed by atoms with Gasteiger partial charge in [-0.15, -0.1) is 0 Å². The van der Waals surface area contributed by atoms with E-state index in [9.17, 15) is 38.4 Å². The van der Waals surface area contributed by atoms with Gasteiger partial charge in [-0.1, -0.05) is 0 Å². The van der Waals surface area contributed by atoms with E-state index in [1.807, 2.05) is 0 Å². The molecule has 1 aliphatic rings. The van der Waals surface area contributed by atoms with Gasteiger partial charge >= 0.3 is 47.8 Å². The largest absolute Gasteiger partial charge is 0.481 e. The average Bonchev–Trinajstić information content (AvgIpc) is 3.65. The number of rotatable bonds is 16. The number of carbonyl (C=O) groups is 8. The molecule has 0 aromatic heterocycles. The third-order valence-electron chi connectivity index (χ3n) is 5.55. The van der Waals surface area contributed by atoms with E-state index in [0.717, 1.165) is 19.4 Å². The molecule has 1 aliphatic heterocycles. The maximum absolute atomic E-state index is 10.2. The maximum atomic E-state index is 10.2. The number of guanidine groups is 1. The minimum absolute atomic E-state index is 0.0231. The number of aliphatic hydroxyl groups excluding tert-OH is 2. The summed E-state index contributed by atoms with van der Waals surface area (Å²) >= 11 is 0. The lowest BCUT2D eigenvalue weighted by atomic mass is 10.2. The molecule has 28 heteroatoms. The molecule has 27 N–H and O–H groups in total. The lowest BCUT2D eigenvalue weighted by molar-refractivity contribution is -0.141. The van der Waals surface area contributed by atoms with Crippen molar-refractivity contribution in [3.63, 3.8) is 0 Å². The van der Waals surface area contributed by atoms with Crippen molar-refractivity contribution in [3.8, 4) is 0 Å². The second-order valence-electron chi connectivity index (χ2n) is 10.7. The Morgan fingerprint density at radius 1 is 0.732 bits per heavy atom. The van der Waals surface area contributed by atoms with Gasteiger partial charge in [-0.2, -0.15) is 0 Å². The van der Waals surface area contributed by atoms with Gasteiger partial charge in [-0.3, -0.25) is 43.8 Å². The van der Waals surface area contributed by atoms with Crippen LogP contribution in [0.2, 0.25) is 0 Å². The van der Waals surface area contributed by atoms with E-state index < -0.39 is 90.7 Å². The van der Waals surface area contributed by atoms with Crippen molar-refractivity contribution in [2.24, 2.45) is 40.1 Å². The predicted molar refractivity (Wildman–Crippen MR) is 194 cm³/mol. The Labute approximate surface area is 320 Å². The topological polar surface area (TPSA) is 569 Å². The van der Waals surface area contributed by atoms with Crippen molar-refractivity contribution in [3.05, 3.63) is 0 Å². The number of nitrogens with two attached hydrogens (primary N) is 7. The first-order valence-corrected chi connectivity index (χ1v) is 15.9. The van der Waals surface area contributed by atoms with Gasteiger partial charge in [0.1, 0.15) is 36.3 Å². The summed E-state index contributed by atoms with van der Waals surface area (Å²) in [5.41, 5.74) is 34.3. The van der Waals surface area contributed by atoms with Crippen molar-refractivity contribution in [2.45, 2.75) is 94.7 Å². The minimum Gasteiger partial charge on any atom is -0.481 e. The molecule has 330 valence electrons. The van der Waals surface area contributed by atoms with Crippen molar-refractivity contribution in [1.29, 1.82) is 5.41 Å². The maximum Gasteiger partial charge on any atom is 0.323 e. The molecule has 1 saturated heterocycles. The third-order valence-corrected chi connectivity index (χ3v) is 5.55. The van der Waals surface area contributed by atoms with Gasteiger partial charge in [-0.25, -0.2) is 0 Å². The first-order chi connectivity index (χ1) is 25.5. The molecule has 1 heterocycles. The Hall–Kier alpha value is -5.33. The molecule has 1 fully saturated rings. The molecule has 6 unspecified atom stereocenters. The van der Waals surface area contributed by atoms with Gasteiger partial charge in [-0.05, 0) is 52.5 Å². The number of carboxylic acid groups (broad SMARTS) is 8. The van der Waals surface area contributed by atoms with E-state index in [4.69, 9.17) is 90.9 Å². The number of aliphatic hydroxyl groups is 2. The number of carboxylic acids is 8. The lowest BCUT2D eigenvalue weighted by Crippen LogP contribution is -2.39. The summed E-state index contributed by atoms with van der Waals surface area (Å²) in [5.74, 6) is -8.32. The normalized spacial score (nSPS) is 15.1. The molecule has 56 heavy (non-hydrogen) atoms. The van der Waals surface area contributed by atoms with Gasteiger partial charge in [0, 0.05) is 13.0 Å². The molecule has 0 radical (unpaired) electrons. The van der Waals surface area contributed by atoms with Crippen LogP contribution in [0.4, 0.5) is 0 Å². The summed E-state index contributed by atoms with van der Waals surface area (Å²) in [7, 11) is 0. The van der Waals surface area contributed by atoms with Crippen LogP contribution in [-0.4, -0.2) is 173 Å². The number of hydrogen-bond acceptors (Lipinski definition) is 18. The van der Waals surface area contributed by atoms with Crippen LogP contribution in [0.5, 0.6) is 0 Å². The molecule has 0 aromatic carbocycles. The molecular weight excluding hydrogens is 764 g/mol. The van der Waals surface area contributed by atoms with Crippen molar-refractivity contribution < 1.29 is 89.4 Å². The van der Waals surface area contributed by atoms with Crippen LogP contribution in [0, 0.1) is 5.41 Å².